The lowest BCUT2D eigenvalue weighted by Gasteiger charge is -2.35. The lowest BCUT2D eigenvalue weighted by Crippen LogP contribution is -2.64. The van der Waals surface area contributed by atoms with Crippen LogP contribution in [0.1, 0.15) is 12.5 Å². The van der Waals surface area contributed by atoms with Gasteiger partial charge < -0.3 is 9.80 Å². The van der Waals surface area contributed by atoms with E-state index in [-0.39, 0.29) is 5.91 Å². The van der Waals surface area contributed by atoms with Crippen molar-refractivity contribution in [2.75, 3.05) is 13.6 Å². The Labute approximate surface area is 147 Å². The number of rotatable bonds is 3. The van der Waals surface area contributed by atoms with Gasteiger partial charge >= 0.3 is 6.03 Å². The Bertz CT molecular complexity index is 717. The van der Waals surface area contributed by atoms with E-state index in [9.17, 15) is 9.59 Å². The van der Waals surface area contributed by atoms with Crippen LogP contribution in [0.4, 0.5) is 4.79 Å². The van der Waals surface area contributed by atoms with Gasteiger partial charge in [0.05, 0.1) is 6.21 Å². The summed E-state index contributed by atoms with van der Waals surface area (Å²) in [4.78, 5) is 31.5. The molecule has 0 aromatic heterocycles. The van der Waals surface area contributed by atoms with Gasteiger partial charge in [-0.1, -0.05) is 28.1 Å². The number of carbonyl (C=O) groups is 2. The summed E-state index contributed by atoms with van der Waals surface area (Å²) in [6, 6.07) is 6.70. The number of aliphatic imine (C=N–C) groups is 1. The van der Waals surface area contributed by atoms with Crippen molar-refractivity contribution in [2.24, 2.45) is 10.1 Å². The van der Waals surface area contributed by atoms with Crippen LogP contribution >= 0.6 is 15.9 Å². The molecule has 0 saturated carbocycles. The Morgan fingerprint density at radius 1 is 1.38 bits per heavy atom. The van der Waals surface area contributed by atoms with Gasteiger partial charge in [0.2, 0.25) is 5.96 Å². The maximum absolute atomic E-state index is 12.1. The van der Waals surface area contributed by atoms with Crippen molar-refractivity contribution in [3.8, 4) is 0 Å². The zero-order valence-corrected chi connectivity index (χ0v) is 14.8. The third kappa shape index (κ3) is 2.99. The highest BCUT2D eigenvalue weighted by molar-refractivity contribution is 9.10. The molecule has 1 fully saturated rings. The van der Waals surface area contributed by atoms with Gasteiger partial charge in [-0.2, -0.15) is 5.10 Å². The molecule has 1 saturated heterocycles. The summed E-state index contributed by atoms with van der Waals surface area (Å²) in [6.07, 6.45) is 1.12. The second-order valence-electron chi connectivity index (χ2n) is 5.42. The first kappa shape index (κ1) is 16.4. The van der Waals surface area contributed by atoms with Crippen molar-refractivity contribution in [3.63, 3.8) is 0 Å². The lowest BCUT2D eigenvalue weighted by atomic mass is 10.1. The number of hydrazone groups is 1. The minimum Gasteiger partial charge on any atom is -0.326 e. The highest BCUT2D eigenvalue weighted by Gasteiger charge is 2.48. The number of fused-ring (bicyclic) bond motifs is 1. The average molecular weight is 393 g/mol. The number of nitrogens with one attached hydrogen (secondary N) is 2. The van der Waals surface area contributed by atoms with Gasteiger partial charge in [-0.25, -0.2) is 15.2 Å². The molecule has 24 heavy (non-hydrogen) atoms. The van der Waals surface area contributed by atoms with Crippen LogP contribution in [0.5, 0.6) is 0 Å². The Morgan fingerprint density at radius 3 is 2.75 bits per heavy atom. The molecule has 0 radical (unpaired) electrons. The number of hydrogen-bond acceptors (Lipinski definition) is 6. The molecule has 0 aliphatic carbocycles. The fraction of sp³-hybridized carbons (Fsp3) is 0.333. The average Bonchev–Trinajstić information content (AvgIpc) is 2.94. The predicted molar refractivity (Wildman–Crippen MR) is 93.6 cm³/mol. The molecule has 1 aromatic carbocycles. The molecule has 2 N–H and O–H groups in total. The van der Waals surface area contributed by atoms with Crippen LogP contribution in [0, 0.1) is 0 Å². The molecular weight excluding hydrogens is 376 g/mol. The Kier molecular flexibility index (Phi) is 4.52. The number of carbonyl (C=O) groups excluding carboxylic acids is 2. The largest absolute Gasteiger partial charge is 0.326 e. The van der Waals surface area contributed by atoms with E-state index in [1.165, 1.54) is 4.90 Å². The normalized spacial score (nSPS) is 23.4. The highest BCUT2D eigenvalue weighted by Crippen LogP contribution is 2.22. The smallest absolute Gasteiger partial charge is 0.325 e. The SMILES string of the molecule is CCN1C(N/N=C\c2ccc(Br)cc2)=NC2C1C(=O)NC(=O)N2C. The lowest BCUT2D eigenvalue weighted by molar-refractivity contribution is -0.127. The predicted octanol–water partition coefficient (Wildman–Crippen LogP) is 0.940. The third-order valence-corrected chi connectivity index (χ3v) is 4.48. The molecule has 9 heteroatoms. The molecule has 2 atom stereocenters. The van der Waals surface area contributed by atoms with Crippen LogP contribution in [0.3, 0.4) is 0 Å². The molecule has 0 spiro atoms. The minimum absolute atomic E-state index is 0.345. The zero-order chi connectivity index (χ0) is 17.3. The molecule has 3 rings (SSSR count). The van der Waals surface area contributed by atoms with E-state index >= 15 is 0 Å². The summed E-state index contributed by atoms with van der Waals surface area (Å²) < 4.78 is 0.993. The standard InChI is InChI=1S/C15H17BrN6O2/c1-3-22-11-12(21(2)15(24)19-13(11)23)18-14(22)20-17-8-9-4-6-10(16)7-5-9/h4-8,11-12H,3H2,1-2H3,(H,18,20)(H,19,23,24)/b17-8-. The number of urea groups is 1. The number of hydrogen-bond donors (Lipinski definition) is 2. The number of guanidine groups is 1. The number of halogens is 1. The minimum atomic E-state index is -0.545. The Hall–Kier alpha value is -2.42. The third-order valence-electron chi connectivity index (χ3n) is 3.95. The summed E-state index contributed by atoms with van der Waals surface area (Å²) in [5.41, 5.74) is 3.80. The maximum atomic E-state index is 12.1. The number of amides is 3. The topological polar surface area (TPSA) is 89.4 Å². The van der Waals surface area contributed by atoms with Gasteiger partial charge in [0.25, 0.3) is 5.91 Å². The second-order valence-corrected chi connectivity index (χ2v) is 6.34. The van der Waals surface area contributed by atoms with E-state index in [1.54, 1.807) is 18.2 Å². The number of imide groups is 1. The van der Waals surface area contributed by atoms with Crippen LogP contribution in [-0.4, -0.2) is 59.7 Å². The van der Waals surface area contributed by atoms with Crippen molar-refractivity contribution >= 4 is 40.0 Å². The molecule has 2 heterocycles. The quantitative estimate of drug-likeness (QED) is 0.591. The van der Waals surface area contributed by atoms with Crippen LogP contribution in [0.15, 0.2) is 38.8 Å². The molecule has 8 nitrogen and oxygen atoms in total. The summed E-state index contributed by atoms with van der Waals surface area (Å²) in [7, 11) is 1.62. The number of likely N-dealkylation sites (N-methyl/N-ethyl adjacent to an activating group) is 2. The molecule has 2 aliphatic rings. The van der Waals surface area contributed by atoms with Crippen LogP contribution in [0.25, 0.3) is 0 Å². The van der Waals surface area contributed by atoms with Gasteiger partial charge in [-0.3, -0.25) is 10.1 Å². The van der Waals surface area contributed by atoms with E-state index in [2.05, 4.69) is 36.8 Å². The van der Waals surface area contributed by atoms with Crippen molar-refractivity contribution in [1.82, 2.24) is 20.5 Å². The van der Waals surface area contributed by atoms with Gasteiger partial charge in [0, 0.05) is 18.1 Å². The molecule has 2 unspecified atom stereocenters. The molecule has 126 valence electrons. The summed E-state index contributed by atoms with van der Waals surface area (Å²) in [5, 5.41) is 6.52. The first-order valence-electron chi connectivity index (χ1n) is 7.48. The van der Waals surface area contributed by atoms with Crippen molar-refractivity contribution < 1.29 is 9.59 Å². The monoisotopic (exact) mass is 392 g/mol. The van der Waals surface area contributed by atoms with Crippen molar-refractivity contribution in [2.45, 2.75) is 19.1 Å². The van der Waals surface area contributed by atoms with Crippen LogP contribution in [0.2, 0.25) is 0 Å². The van der Waals surface area contributed by atoms with Crippen molar-refractivity contribution in [1.29, 1.82) is 0 Å². The molecule has 0 bridgehead atoms. The van der Waals surface area contributed by atoms with Crippen LogP contribution in [-0.2, 0) is 4.79 Å². The Balaban J connectivity index is 1.76. The Morgan fingerprint density at radius 2 is 2.08 bits per heavy atom. The number of benzene rings is 1. The molecular formula is C15H17BrN6O2. The van der Waals surface area contributed by atoms with Gasteiger partial charge in [-0.15, -0.1) is 0 Å². The van der Waals surface area contributed by atoms with E-state index in [1.807, 2.05) is 31.2 Å². The van der Waals surface area contributed by atoms with Crippen molar-refractivity contribution in [3.05, 3.63) is 34.3 Å². The molecule has 3 amide bonds. The van der Waals surface area contributed by atoms with Gasteiger partial charge in [0.15, 0.2) is 12.2 Å². The van der Waals surface area contributed by atoms with Gasteiger partial charge in [-0.05, 0) is 24.6 Å². The summed E-state index contributed by atoms with van der Waals surface area (Å²) in [6.45, 7) is 2.48. The first-order valence-corrected chi connectivity index (χ1v) is 8.27. The van der Waals surface area contributed by atoms with E-state index in [4.69, 9.17) is 0 Å². The fourth-order valence-electron chi connectivity index (χ4n) is 2.68. The van der Waals surface area contributed by atoms with E-state index in [0.717, 1.165) is 10.0 Å². The second kappa shape index (κ2) is 6.60. The maximum Gasteiger partial charge on any atom is 0.325 e. The first-order chi connectivity index (χ1) is 11.5. The summed E-state index contributed by atoms with van der Waals surface area (Å²) in [5.74, 6) is 0.125. The molecule has 1 aromatic rings. The molecule has 2 aliphatic heterocycles. The zero-order valence-electron chi connectivity index (χ0n) is 13.2. The highest BCUT2D eigenvalue weighted by atomic mass is 79.9. The van der Waals surface area contributed by atoms with E-state index < -0.39 is 18.2 Å². The van der Waals surface area contributed by atoms with E-state index in [0.29, 0.717) is 12.5 Å². The fourth-order valence-corrected chi connectivity index (χ4v) is 2.94. The number of nitrogens with zero attached hydrogens (tertiary/aromatic N) is 4. The van der Waals surface area contributed by atoms with Crippen LogP contribution < -0.4 is 10.7 Å². The van der Waals surface area contributed by atoms with Gasteiger partial charge in [0.1, 0.15) is 0 Å². The summed E-state index contributed by atoms with van der Waals surface area (Å²) >= 11 is 3.38.